The molecule has 0 bridgehead atoms. The van der Waals surface area contributed by atoms with E-state index in [4.69, 9.17) is 9.47 Å². The molecule has 4 aliphatic rings. The molecule has 45 heavy (non-hydrogen) atoms. The van der Waals surface area contributed by atoms with Gasteiger partial charge in [0, 0.05) is 31.8 Å². The van der Waals surface area contributed by atoms with Crippen LogP contribution in [0.1, 0.15) is 42.0 Å². The average Bonchev–Trinajstić information content (AvgIpc) is 3.41. The number of aryl methyl sites for hydroxylation is 2. The maximum Gasteiger partial charge on any atom is 0.306 e. The van der Waals surface area contributed by atoms with Gasteiger partial charge in [-0.1, -0.05) is 66.8 Å². The first-order valence-electron chi connectivity index (χ1n) is 15.6. The first kappa shape index (κ1) is 30.7. The fourth-order valence-electron chi connectivity index (χ4n) is 7.15. The van der Waals surface area contributed by atoms with Crippen LogP contribution < -0.4 is 10.2 Å². The van der Waals surface area contributed by atoms with Crippen LogP contribution in [0, 0.1) is 25.7 Å². The van der Waals surface area contributed by atoms with E-state index in [1.54, 1.807) is 23.1 Å². The predicted octanol–water partition coefficient (Wildman–Crippen LogP) is 2.92. The van der Waals surface area contributed by atoms with Crippen molar-refractivity contribution in [2.45, 2.75) is 56.9 Å². The Kier molecular flexibility index (Phi) is 8.61. The van der Waals surface area contributed by atoms with E-state index in [-0.39, 0.29) is 56.9 Å². The lowest BCUT2D eigenvalue weighted by atomic mass is 9.77. The second kappa shape index (κ2) is 12.6. The number of aliphatic hydroxyl groups is 1. The Hall–Kier alpha value is -4.28. The zero-order chi connectivity index (χ0) is 31.7. The summed E-state index contributed by atoms with van der Waals surface area (Å²) in [4.78, 5) is 59.0. The molecule has 0 unspecified atom stereocenters. The minimum absolute atomic E-state index is 0.0608. The number of fused-ring (bicyclic) bond motifs is 2. The second-order valence-electron chi connectivity index (χ2n) is 12.2. The van der Waals surface area contributed by atoms with Crippen LogP contribution >= 0.6 is 0 Å². The molecule has 0 radical (unpaired) electrons. The van der Waals surface area contributed by atoms with Crippen molar-refractivity contribution in [3.05, 3.63) is 89.5 Å². The minimum atomic E-state index is -1.41. The lowest BCUT2D eigenvalue weighted by Crippen LogP contribution is -2.55. The maximum atomic E-state index is 14.6. The summed E-state index contributed by atoms with van der Waals surface area (Å²) >= 11 is 0. The number of carbonyl (C=O) groups is 4. The van der Waals surface area contributed by atoms with Gasteiger partial charge in [0.2, 0.25) is 11.8 Å². The topological polar surface area (TPSA) is 125 Å². The summed E-state index contributed by atoms with van der Waals surface area (Å²) in [6.07, 6.45) is 7.13. The van der Waals surface area contributed by atoms with Gasteiger partial charge < -0.3 is 29.7 Å². The summed E-state index contributed by atoms with van der Waals surface area (Å²) in [5.74, 6) is -3.42. The molecular weight excluding hydrogens is 574 g/mol. The van der Waals surface area contributed by atoms with Crippen molar-refractivity contribution in [3.8, 4) is 0 Å². The van der Waals surface area contributed by atoms with Gasteiger partial charge in [0.1, 0.15) is 18.2 Å². The molecule has 10 heteroatoms. The number of nitrogens with one attached hydrogen (secondary N) is 1. The molecule has 2 aromatic carbocycles. The molecule has 4 aliphatic heterocycles. The fourth-order valence-corrected chi connectivity index (χ4v) is 7.15. The van der Waals surface area contributed by atoms with E-state index < -0.39 is 41.5 Å². The second-order valence-corrected chi connectivity index (χ2v) is 12.2. The highest BCUT2D eigenvalue weighted by atomic mass is 16.5. The Morgan fingerprint density at radius 1 is 1.02 bits per heavy atom. The molecule has 236 valence electrons. The average molecular weight is 614 g/mol. The maximum absolute atomic E-state index is 14.6. The molecule has 4 heterocycles. The zero-order valence-corrected chi connectivity index (χ0v) is 25.6. The van der Waals surface area contributed by atoms with E-state index in [9.17, 15) is 24.3 Å². The molecular formula is C35H39N3O7. The van der Waals surface area contributed by atoms with Gasteiger partial charge in [-0.3, -0.25) is 19.2 Å². The number of hydrogen-bond acceptors (Lipinski definition) is 7. The number of cyclic esters (lactones) is 1. The van der Waals surface area contributed by atoms with Gasteiger partial charge >= 0.3 is 5.97 Å². The summed E-state index contributed by atoms with van der Waals surface area (Å²) in [5, 5.41) is 12.7. The molecule has 2 aromatic rings. The van der Waals surface area contributed by atoms with Crippen molar-refractivity contribution >= 4 is 29.4 Å². The molecule has 6 atom stereocenters. The number of anilines is 1. The van der Waals surface area contributed by atoms with Crippen molar-refractivity contribution < 1.29 is 33.8 Å². The largest absolute Gasteiger partial charge is 0.463 e. The number of esters is 1. The van der Waals surface area contributed by atoms with Gasteiger partial charge in [0.25, 0.3) is 5.91 Å². The van der Waals surface area contributed by atoms with Crippen molar-refractivity contribution in [2.24, 2.45) is 11.8 Å². The summed E-state index contributed by atoms with van der Waals surface area (Å²) < 4.78 is 12.3. The highest BCUT2D eigenvalue weighted by Crippen LogP contribution is 2.53. The lowest BCUT2D eigenvalue weighted by Gasteiger charge is -2.35. The van der Waals surface area contributed by atoms with Crippen LogP contribution in [0.5, 0.6) is 0 Å². The summed E-state index contributed by atoms with van der Waals surface area (Å²) in [5.41, 5.74) is 2.00. The lowest BCUT2D eigenvalue weighted by molar-refractivity contribution is -0.146. The Morgan fingerprint density at radius 3 is 2.60 bits per heavy atom. The van der Waals surface area contributed by atoms with Crippen LogP contribution in [0.25, 0.3) is 0 Å². The Balaban J connectivity index is 1.43. The monoisotopic (exact) mass is 613 g/mol. The van der Waals surface area contributed by atoms with Gasteiger partial charge in [0.15, 0.2) is 0 Å². The molecule has 2 N–H and O–H groups in total. The first-order valence-corrected chi connectivity index (χ1v) is 15.6. The van der Waals surface area contributed by atoms with Gasteiger partial charge in [-0.15, -0.1) is 0 Å². The van der Waals surface area contributed by atoms with E-state index in [0.717, 1.165) is 22.4 Å². The van der Waals surface area contributed by atoms with Crippen molar-refractivity contribution in [1.82, 2.24) is 10.2 Å². The number of likely N-dealkylation sites (tertiary alicyclic amines) is 1. The van der Waals surface area contributed by atoms with Crippen LogP contribution in [0.4, 0.5) is 5.69 Å². The number of ether oxygens (including phenoxy) is 2. The highest BCUT2D eigenvalue weighted by Gasteiger charge is 2.71. The van der Waals surface area contributed by atoms with Crippen molar-refractivity contribution in [2.75, 3.05) is 31.2 Å². The number of hydrogen-bond donors (Lipinski definition) is 2. The molecule has 0 saturated carbocycles. The number of amides is 3. The van der Waals surface area contributed by atoms with E-state index in [1.165, 1.54) is 4.90 Å². The number of carbonyl (C=O) groups excluding carboxylic acids is 4. The molecule has 1 spiro atoms. The SMILES string of the molecule is Cc1ccc(C)c(N2CC=C[C@]34O[C@@H]5/C=C\CCC(=O)OC[C@@H](c6ccccc6)NC(=O)[C@@H]5[C@H]3C(=O)N(CCCO)[C@@H]4C2=O)c1. The third-order valence-corrected chi connectivity index (χ3v) is 9.28. The predicted molar refractivity (Wildman–Crippen MR) is 166 cm³/mol. The smallest absolute Gasteiger partial charge is 0.306 e. The van der Waals surface area contributed by atoms with E-state index in [1.807, 2.05) is 68.5 Å². The summed E-state index contributed by atoms with van der Waals surface area (Å²) in [6.45, 7) is 4.09. The first-order chi connectivity index (χ1) is 21.7. The standard InChI is InChI=1S/C35H39N3O7/c1-22-14-15-23(2)26(20-22)37-17-8-16-35-30(33(42)38(18-9-19-39)31(35)34(37)43)29-27(45-35)12-6-7-13-28(40)44-21-25(36-32(29)41)24-10-4-3-5-11-24/h3-6,8,10-12,14-16,20,25,27,29-31,39H,7,9,13,17-19,21H2,1-2H3,(H,36,41)/b12-6-/t25-,27+,29-,30-,31+,35-/m0/s1. The Bertz CT molecular complexity index is 1540. The van der Waals surface area contributed by atoms with Gasteiger partial charge in [-0.2, -0.15) is 0 Å². The number of rotatable bonds is 5. The number of nitrogens with zero attached hydrogens (tertiary/aromatic N) is 2. The number of allylic oxidation sites excluding steroid dienone is 1. The normalized spacial score (nSPS) is 30.8. The third kappa shape index (κ3) is 5.57. The van der Waals surface area contributed by atoms with Gasteiger partial charge in [-0.25, -0.2) is 0 Å². The van der Waals surface area contributed by atoms with Gasteiger partial charge in [-0.05, 0) is 49.4 Å². The van der Waals surface area contributed by atoms with E-state index >= 15 is 0 Å². The fraction of sp³-hybridized carbons (Fsp3) is 0.429. The van der Waals surface area contributed by atoms with E-state index in [0.29, 0.717) is 6.42 Å². The number of aliphatic hydroxyl groups excluding tert-OH is 1. The van der Waals surface area contributed by atoms with Gasteiger partial charge in [0.05, 0.1) is 24.0 Å². The molecule has 0 aromatic heterocycles. The summed E-state index contributed by atoms with van der Waals surface area (Å²) in [6, 6.07) is 13.4. The Labute approximate surface area is 262 Å². The molecule has 2 fully saturated rings. The minimum Gasteiger partial charge on any atom is -0.463 e. The zero-order valence-electron chi connectivity index (χ0n) is 25.6. The summed E-state index contributed by atoms with van der Waals surface area (Å²) in [7, 11) is 0. The van der Waals surface area contributed by atoms with Crippen LogP contribution in [-0.2, 0) is 28.7 Å². The van der Waals surface area contributed by atoms with E-state index in [2.05, 4.69) is 5.32 Å². The van der Waals surface area contributed by atoms with Crippen molar-refractivity contribution in [1.29, 1.82) is 0 Å². The highest BCUT2D eigenvalue weighted by molar-refractivity contribution is 6.06. The molecule has 10 nitrogen and oxygen atoms in total. The quantitative estimate of drug-likeness (QED) is 0.393. The molecule has 2 saturated heterocycles. The number of benzene rings is 2. The van der Waals surface area contributed by atoms with Crippen LogP contribution in [0.2, 0.25) is 0 Å². The molecule has 0 aliphatic carbocycles. The third-order valence-electron chi connectivity index (χ3n) is 9.28. The Morgan fingerprint density at radius 2 is 1.82 bits per heavy atom. The molecule has 6 rings (SSSR count). The molecule has 3 amide bonds. The van der Waals surface area contributed by atoms with Crippen molar-refractivity contribution in [3.63, 3.8) is 0 Å². The van der Waals surface area contributed by atoms with Crippen LogP contribution in [0.3, 0.4) is 0 Å². The van der Waals surface area contributed by atoms with Crippen LogP contribution in [0.15, 0.2) is 72.8 Å². The van der Waals surface area contributed by atoms with Crippen LogP contribution in [-0.4, -0.2) is 77.7 Å².